The molecule has 0 bridgehead atoms. The minimum absolute atomic E-state index is 0.120. The average molecular weight is 267 g/mol. The molecule has 4 heteroatoms. The number of carbonyl (C=O) groups excluding carboxylic acids is 1. The molecule has 2 rings (SSSR count). The third-order valence-electron chi connectivity index (χ3n) is 3.20. The number of benzene rings is 1. The van der Waals surface area contributed by atoms with Crippen molar-refractivity contribution in [2.24, 2.45) is 5.92 Å². The molecule has 18 heavy (non-hydrogen) atoms. The Morgan fingerprint density at radius 1 is 1.50 bits per heavy atom. The molecule has 0 N–H and O–H groups in total. The first-order chi connectivity index (χ1) is 8.66. The lowest BCUT2D eigenvalue weighted by Crippen LogP contribution is -2.40. The molecule has 1 heterocycles. The first-order valence-corrected chi connectivity index (χ1v) is 7.30. The fourth-order valence-corrected chi connectivity index (χ4v) is 3.05. The predicted octanol–water partition coefficient (Wildman–Crippen LogP) is 3.18. The lowest BCUT2D eigenvalue weighted by atomic mass is 10.0. The Kier molecular flexibility index (Phi) is 4.64. The summed E-state index contributed by atoms with van der Waals surface area (Å²) < 4.78 is 13.4. The van der Waals surface area contributed by atoms with Crippen LogP contribution < -0.4 is 0 Å². The molecule has 1 unspecified atom stereocenters. The van der Waals surface area contributed by atoms with E-state index in [-0.39, 0.29) is 11.7 Å². The highest BCUT2D eigenvalue weighted by atomic mass is 32.2. The van der Waals surface area contributed by atoms with Crippen molar-refractivity contribution in [3.8, 4) is 0 Å². The Hall–Kier alpha value is -1.03. The van der Waals surface area contributed by atoms with E-state index < -0.39 is 0 Å². The molecule has 1 aromatic carbocycles. The van der Waals surface area contributed by atoms with E-state index in [0.717, 1.165) is 19.5 Å². The van der Waals surface area contributed by atoms with Gasteiger partial charge in [-0.25, -0.2) is 4.39 Å². The predicted molar refractivity (Wildman–Crippen MR) is 72.1 cm³/mol. The summed E-state index contributed by atoms with van der Waals surface area (Å²) in [6.07, 6.45) is 2.28. The molecule has 98 valence electrons. The summed E-state index contributed by atoms with van der Waals surface area (Å²) in [6.45, 7) is 3.86. The number of piperidine rings is 1. The molecule has 2 nitrogen and oxygen atoms in total. The quantitative estimate of drug-likeness (QED) is 0.784. The fraction of sp³-hybridized carbons (Fsp3) is 0.500. The molecule has 1 aliphatic heterocycles. The molecule has 1 fully saturated rings. The summed E-state index contributed by atoms with van der Waals surface area (Å²) in [5.41, 5.74) is 0. The number of amides is 1. The number of rotatable bonds is 3. The Morgan fingerprint density at radius 2 is 2.28 bits per heavy atom. The molecule has 0 radical (unpaired) electrons. The molecule has 1 amide bonds. The van der Waals surface area contributed by atoms with Crippen molar-refractivity contribution in [2.45, 2.75) is 24.7 Å². The molecule has 1 atom stereocenters. The zero-order valence-corrected chi connectivity index (χ0v) is 11.4. The first-order valence-electron chi connectivity index (χ1n) is 6.32. The maximum absolute atomic E-state index is 13.4. The second kappa shape index (κ2) is 6.23. The summed E-state index contributed by atoms with van der Waals surface area (Å²) in [7, 11) is 0. The monoisotopic (exact) mass is 267 g/mol. The van der Waals surface area contributed by atoms with Crippen LogP contribution in [0.3, 0.4) is 0 Å². The van der Waals surface area contributed by atoms with Crippen LogP contribution in [0.5, 0.6) is 0 Å². The van der Waals surface area contributed by atoms with E-state index >= 15 is 0 Å². The molecule has 0 spiro atoms. The Labute approximate surface area is 112 Å². The van der Waals surface area contributed by atoms with E-state index in [9.17, 15) is 9.18 Å². The lowest BCUT2D eigenvalue weighted by Gasteiger charge is -2.30. The molecular weight excluding hydrogens is 249 g/mol. The van der Waals surface area contributed by atoms with Crippen LogP contribution >= 0.6 is 11.8 Å². The van der Waals surface area contributed by atoms with E-state index in [1.165, 1.54) is 24.2 Å². The largest absolute Gasteiger partial charge is 0.342 e. The number of hydrogen-bond donors (Lipinski definition) is 0. The molecular formula is C14H18FNOS. The van der Waals surface area contributed by atoms with Crippen molar-refractivity contribution in [3.63, 3.8) is 0 Å². The second-order valence-electron chi connectivity index (χ2n) is 4.81. The zero-order valence-electron chi connectivity index (χ0n) is 10.6. The third-order valence-corrected chi connectivity index (χ3v) is 4.23. The zero-order chi connectivity index (χ0) is 13.0. The third kappa shape index (κ3) is 3.48. The summed E-state index contributed by atoms with van der Waals surface area (Å²) in [5, 5.41) is 0. The SMILES string of the molecule is CC1CCCN(C(=O)CSc2ccccc2F)C1. The number of carbonyl (C=O) groups is 1. The maximum Gasteiger partial charge on any atom is 0.232 e. The van der Waals surface area contributed by atoms with Crippen LogP contribution in [0, 0.1) is 11.7 Å². The van der Waals surface area contributed by atoms with Crippen LogP contribution in [0.1, 0.15) is 19.8 Å². The normalized spacial score (nSPS) is 19.9. The average Bonchev–Trinajstić information content (AvgIpc) is 2.37. The van der Waals surface area contributed by atoms with Gasteiger partial charge in [-0.3, -0.25) is 4.79 Å². The van der Waals surface area contributed by atoms with Crippen molar-refractivity contribution in [3.05, 3.63) is 30.1 Å². The van der Waals surface area contributed by atoms with Crippen molar-refractivity contribution in [1.82, 2.24) is 4.90 Å². The minimum atomic E-state index is -0.248. The van der Waals surface area contributed by atoms with Crippen molar-refractivity contribution in [1.29, 1.82) is 0 Å². The van der Waals surface area contributed by atoms with Gasteiger partial charge in [0.05, 0.1) is 5.75 Å². The van der Waals surface area contributed by atoms with Crippen molar-refractivity contribution >= 4 is 17.7 Å². The van der Waals surface area contributed by atoms with E-state index in [2.05, 4.69) is 6.92 Å². The Balaban J connectivity index is 1.86. The number of halogens is 1. The molecule has 0 aromatic heterocycles. The van der Waals surface area contributed by atoms with Gasteiger partial charge in [-0.2, -0.15) is 0 Å². The second-order valence-corrected chi connectivity index (χ2v) is 5.82. The molecule has 1 aromatic rings. The maximum atomic E-state index is 13.4. The number of hydrogen-bond acceptors (Lipinski definition) is 2. The molecule has 1 aliphatic rings. The summed E-state index contributed by atoms with van der Waals surface area (Å²) >= 11 is 1.28. The van der Waals surface area contributed by atoms with Gasteiger partial charge in [-0.1, -0.05) is 19.1 Å². The van der Waals surface area contributed by atoms with Gasteiger partial charge in [0.1, 0.15) is 5.82 Å². The van der Waals surface area contributed by atoms with Gasteiger partial charge in [0.25, 0.3) is 0 Å². The van der Waals surface area contributed by atoms with Crippen LogP contribution in [-0.2, 0) is 4.79 Å². The van der Waals surface area contributed by atoms with Gasteiger partial charge in [0.15, 0.2) is 0 Å². The van der Waals surface area contributed by atoms with Crippen molar-refractivity contribution in [2.75, 3.05) is 18.8 Å². The van der Waals surface area contributed by atoms with Gasteiger partial charge >= 0.3 is 0 Å². The standard InChI is InChI=1S/C14H18FNOS/c1-11-5-4-8-16(9-11)14(17)10-18-13-7-3-2-6-12(13)15/h2-3,6-7,11H,4-5,8-10H2,1H3. The lowest BCUT2D eigenvalue weighted by molar-refractivity contribution is -0.130. The van der Waals surface area contributed by atoms with E-state index in [4.69, 9.17) is 0 Å². The van der Waals surface area contributed by atoms with E-state index in [1.54, 1.807) is 18.2 Å². The van der Waals surface area contributed by atoms with Gasteiger partial charge in [-0.05, 0) is 30.9 Å². The summed E-state index contributed by atoms with van der Waals surface area (Å²) in [5.74, 6) is 0.784. The minimum Gasteiger partial charge on any atom is -0.342 e. The number of likely N-dealkylation sites (tertiary alicyclic amines) is 1. The van der Waals surface area contributed by atoms with E-state index in [0.29, 0.717) is 16.6 Å². The highest BCUT2D eigenvalue weighted by molar-refractivity contribution is 8.00. The van der Waals surface area contributed by atoms with E-state index in [1.807, 2.05) is 4.90 Å². The molecule has 0 aliphatic carbocycles. The van der Waals surface area contributed by atoms with Crippen LogP contribution in [0.4, 0.5) is 4.39 Å². The van der Waals surface area contributed by atoms with Crippen LogP contribution in [0.15, 0.2) is 29.2 Å². The van der Waals surface area contributed by atoms with Crippen LogP contribution in [0.2, 0.25) is 0 Å². The molecule has 0 saturated carbocycles. The molecule has 1 saturated heterocycles. The van der Waals surface area contributed by atoms with Crippen LogP contribution in [0.25, 0.3) is 0 Å². The Bertz CT molecular complexity index is 424. The fourth-order valence-electron chi connectivity index (χ4n) is 2.21. The smallest absolute Gasteiger partial charge is 0.232 e. The summed E-state index contributed by atoms with van der Waals surface area (Å²) in [4.78, 5) is 14.5. The summed E-state index contributed by atoms with van der Waals surface area (Å²) in [6, 6.07) is 6.59. The Morgan fingerprint density at radius 3 is 3.00 bits per heavy atom. The number of nitrogens with zero attached hydrogens (tertiary/aromatic N) is 1. The van der Waals surface area contributed by atoms with Gasteiger partial charge in [0.2, 0.25) is 5.91 Å². The number of thioether (sulfide) groups is 1. The van der Waals surface area contributed by atoms with Gasteiger partial charge < -0.3 is 4.90 Å². The first kappa shape index (κ1) is 13.4. The van der Waals surface area contributed by atoms with Crippen LogP contribution in [-0.4, -0.2) is 29.6 Å². The highest BCUT2D eigenvalue weighted by Gasteiger charge is 2.20. The van der Waals surface area contributed by atoms with Crippen molar-refractivity contribution < 1.29 is 9.18 Å². The highest BCUT2D eigenvalue weighted by Crippen LogP contribution is 2.23. The van der Waals surface area contributed by atoms with Gasteiger partial charge in [0, 0.05) is 18.0 Å². The van der Waals surface area contributed by atoms with Gasteiger partial charge in [-0.15, -0.1) is 11.8 Å². The topological polar surface area (TPSA) is 20.3 Å².